The van der Waals surface area contributed by atoms with Crippen molar-refractivity contribution in [1.29, 1.82) is 0 Å². The normalized spacial score (nSPS) is 11.0. The zero-order valence-corrected chi connectivity index (χ0v) is 11.9. The highest BCUT2D eigenvalue weighted by atomic mass is 32.1. The van der Waals surface area contributed by atoms with Crippen molar-refractivity contribution in [3.63, 3.8) is 0 Å². The first-order chi connectivity index (χ1) is 10.3. The highest BCUT2D eigenvalue weighted by Crippen LogP contribution is 2.40. The van der Waals surface area contributed by atoms with Gasteiger partial charge in [-0.15, -0.1) is 11.3 Å². The third-order valence-electron chi connectivity index (χ3n) is 3.53. The number of nitrogen functional groups attached to an aromatic ring is 1. The van der Waals surface area contributed by atoms with Gasteiger partial charge in [-0.1, -0.05) is 53.7 Å². The Labute approximate surface area is 125 Å². The van der Waals surface area contributed by atoms with Crippen LogP contribution in [0.1, 0.15) is 0 Å². The average Bonchev–Trinajstić information content (AvgIpc) is 3.16. The molecule has 2 aromatic heterocycles. The lowest BCUT2D eigenvalue weighted by molar-refractivity contribution is 0.439. The molecule has 4 aromatic rings. The molecule has 0 radical (unpaired) electrons. The zero-order valence-electron chi connectivity index (χ0n) is 11.1. The second kappa shape index (κ2) is 4.75. The predicted octanol–water partition coefficient (Wildman–Crippen LogP) is 4.81. The number of fused-ring (bicyclic) bond motifs is 1. The molecule has 0 saturated heterocycles. The molecule has 0 unspecified atom stereocenters. The lowest BCUT2D eigenvalue weighted by Gasteiger charge is -2.05. The fourth-order valence-electron chi connectivity index (χ4n) is 2.58. The summed E-state index contributed by atoms with van der Waals surface area (Å²) in [4.78, 5) is 1.07. The third kappa shape index (κ3) is 1.92. The average molecular weight is 292 g/mol. The number of nitrogens with two attached hydrogens (primary N) is 1. The monoisotopic (exact) mass is 292 g/mol. The summed E-state index contributed by atoms with van der Waals surface area (Å²) >= 11 is 1.63. The Morgan fingerprint density at radius 2 is 1.81 bits per heavy atom. The molecule has 4 rings (SSSR count). The van der Waals surface area contributed by atoms with Crippen LogP contribution in [-0.4, -0.2) is 5.16 Å². The molecule has 0 aliphatic carbocycles. The molecule has 0 aliphatic rings. The van der Waals surface area contributed by atoms with E-state index in [1.165, 1.54) is 5.39 Å². The van der Waals surface area contributed by atoms with Crippen molar-refractivity contribution >= 4 is 28.0 Å². The third-order valence-corrected chi connectivity index (χ3v) is 4.42. The number of aromatic nitrogens is 1. The van der Waals surface area contributed by atoms with Gasteiger partial charge in [0.15, 0.2) is 0 Å². The van der Waals surface area contributed by atoms with Crippen molar-refractivity contribution < 1.29 is 4.52 Å². The second-order valence-electron chi connectivity index (χ2n) is 4.77. The van der Waals surface area contributed by atoms with E-state index in [1.807, 2.05) is 35.7 Å². The quantitative estimate of drug-likeness (QED) is 0.577. The Bertz CT molecular complexity index is 904. The van der Waals surface area contributed by atoms with Crippen LogP contribution in [0.3, 0.4) is 0 Å². The SMILES string of the molecule is Nc1onc(-c2cccc3ccccc23)c1-c1cccs1. The minimum absolute atomic E-state index is 0.361. The Hall–Kier alpha value is -2.59. The van der Waals surface area contributed by atoms with E-state index >= 15 is 0 Å². The second-order valence-corrected chi connectivity index (χ2v) is 5.72. The van der Waals surface area contributed by atoms with E-state index in [4.69, 9.17) is 10.3 Å². The number of hydrogen-bond donors (Lipinski definition) is 1. The molecule has 2 heterocycles. The minimum Gasteiger partial charge on any atom is -0.367 e. The Kier molecular flexibility index (Phi) is 2.75. The van der Waals surface area contributed by atoms with Crippen LogP contribution < -0.4 is 5.73 Å². The molecule has 2 N–H and O–H groups in total. The molecule has 2 aromatic carbocycles. The number of benzene rings is 2. The number of anilines is 1. The first-order valence-corrected chi connectivity index (χ1v) is 7.50. The maximum atomic E-state index is 5.99. The molecule has 0 bridgehead atoms. The molecule has 0 saturated carbocycles. The fourth-order valence-corrected chi connectivity index (χ4v) is 3.35. The predicted molar refractivity (Wildman–Crippen MR) is 87.2 cm³/mol. The van der Waals surface area contributed by atoms with Gasteiger partial charge in [-0.25, -0.2) is 0 Å². The van der Waals surface area contributed by atoms with Gasteiger partial charge in [0.2, 0.25) is 5.88 Å². The van der Waals surface area contributed by atoms with Gasteiger partial charge in [-0.3, -0.25) is 0 Å². The highest BCUT2D eigenvalue weighted by molar-refractivity contribution is 7.13. The molecular weight excluding hydrogens is 280 g/mol. The summed E-state index contributed by atoms with van der Waals surface area (Å²) in [5.41, 5.74) is 8.70. The summed E-state index contributed by atoms with van der Waals surface area (Å²) in [6.45, 7) is 0. The van der Waals surface area contributed by atoms with Crippen LogP contribution in [0, 0.1) is 0 Å². The van der Waals surface area contributed by atoms with Crippen LogP contribution in [-0.2, 0) is 0 Å². The van der Waals surface area contributed by atoms with Gasteiger partial charge in [0, 0.05) is 10.4 Å². The summed E-state index contributed by atoms with van der Waals surface area (Å²) < 4.78 is 5.26. The van der Waals surface area contributed by atoms with E-state index in [2.05, 4.69) is 29.4 Å². The van der Waals surface area contributed by atoms with Gasteiger partial charge in [-0.2, -0.15) is 0 Å². The van der Waals surface area contributed by atoms with Crippen LogP contribution in [0.25, 0.3) is 32.5 Å². The maximum Gasteiger partial charge on any atom is 0.231 e. The van der Waals surface area contributed by atoms with Crippen LogP contribution >= 0.6 is 11.3 Å². The molecule has 3 nitrogen and oxygen atoms in total. The molecule has 102 valence electrons. The smallest absolute Gasteiger partial charge is 0.231 e. The van der Waals surface area contributed by atoms with E-state index in [-0.39, 0.29) is 0 Å². The molecule has 0 fully saturated rings. The van der Waals surface area contributed by atoms with E-state index in [1.54, 1.807) is 11.3 Å². The summed E-state index contributed by atoms with van der Waals surface area (Å²) in [5.74, 6) is 0.361. The topological polar surface area (TPSA) is 52.0 Å². The van der Waals surface area contributed by atoms with Gasteiger partial charge in [0.25, 0.3) is 0 Å². The number of hydrogen-bond acceptors (Lipinski definition) is 4. The fraction of sp³-hybridized carbons (Fsp3) is 0. The summed E-state index contributed by atoms with van der Waals surface area (Å²) in [6, 6.07) is 18.4. The van der Waals surface area contributed by atoms with Gasteiger partial charge in [0.1, 0.15) is 5.69 Å². The molecular formula is C17H12N2OS. The van der Waals surface area contributed by atoms with Gasteiger partial charge in [0.05, 0.1) is 5.56 Å². The Morgan fingerprint density at radius 3 is 2.67 bits per heavy atom. The maximum absolute atomic E-state index is 5.99. The van der Waals surface area contributed by atoms with Crippen molar-refractivity contribution in [3.8, 4) is 21.7 Å². The highest BCUT2D eigenvalue weighted by Gasteiger charge is 2.19. The molecule has 0 amide bonds. The molecule has 21 heavy (non-hydrogen) atoms. The van der Waals surface area contributed by atoms with Gasteiger partial charge < -0.3 is 10.3 Å². The molecule has 0 aliphatic heterocycles. The van der Waals surface area contributed by atoms with Crippen molar-refractivity contribution in [3.05, 3.63) is 60.0 Å². The first kappa shape index (κ1) is 12.2. The lowest BCUT2D eigenvalue weighted by Crippen LogP contribution is -1.86. The van der Waals surface area contributed by atoms with Crippen LogP contribution in [0.4, 0.5) is 5.88 Å². The van der Waals surface area contributed by atoms with Crippen molar-refractivity contribution in [1.82, 2.24) is 5.16 Å². The van der Waals surface area contributed by atoms with E-state index < -0.39 is 0 Å². The van der Waals surface area contributed by atoms with Gasteiger partial charge in [-0.05, 0) is 22.2 Å². The first-order valence-electron chi connectivity index (χ1n) is 6.62. The van der Waals surface area contributed by atoms with Crippen LogP contribution in [0.15, 0.2) is 64.5 Å². The van der Waals surface area contributed by atoms with Crippen molar-refractivity contribution in [2.75, 3.05) is 5.73 Å². The summed E-state index contributed by atoms with van der Waals surface area (Å²) in [6.07, 6.45) is 0. The van der Waals surface area contributed by atoms with Crippen LogP contribution in [0.2, 0.25) is 0 Å². The summed E-state index contributed by atoms with van der Waals surface area (Å²) in [5, 5.41) is 8.54. The summed E-state index contributed by atoms with van der Waals surface area (Å²) in [7, 11) is 0. The minimum atomic E-state index is 0.361. The number of nitrogens with zero attached hydrogens (tertiary/aromatic N) is 1. The Morgan fingerprint density at radius 1 is 0.952 bits per heavy atom. The number of thiophene rings is 1. The molecule has 4 heteroatoms. The van der Waals surface area contributed by atoms with E-state index in [0.29, 0.717) is 5.88 Å². The van der Waals surface area contributed by atoms with E-state index in [0.717, 1.165) is 27.1 Å². The van der Waals surface area contributed by atoms with Gasteiger partial charge >= 0.3 is 0 Å². The molecule has 0 atom stereocenters. The lowest BCUT2D eigenvalue weighted by atomic mass is 9.99. The van der Waals surface area contributed by atoms with E-state index in [9.17, 15) is 0 Å². The Balaban J connectivity index is 2.03. The van der Waals surface area contributed by atoms with Crippen LogP contribution in [0.5, 0.6) is 0 Å². The van der Waals surface area contributed by atoms with Crippen molar-refractivity contribution in [2.24, 2.45) is 0 Å². The largest absolute Gasteiger partial charge is 0.367 e. The number of rotatable bonds is 2. The molecule has 0 spiro atoms. The van der Waals surface area contributed by atoms with Crippen molar-refractivity contribution in [2.45, 2.75) is 0 Å². The zero-order chi connectivity index (χ0) is 14.2. The standard InChI is InChI=1S/C17H12N2OS/c18-17-15(14-9-4-10-21-14)16(19-20-17)13-8-3-6-11-5-1-2-7-12(11)13/h1-10H,18H2.